The van der Waals surface area contributed by atoms with Gasteiger partial charge in [0.15, 0.2) is 5.82 Å². The summed E-state index contributed by atoms with van der Waals surface area (Å²) < 4.78 is 4.85. The van der Waals surface area contributed by atoms with E-state index >= 15 is 0 Å². The normalized spacial score (nSPS) is 10.2. The molecular weight excluding hydrogens is 256 g/mol. The molecule has 0 aliphatic carbocycles. The highest BCUT2D eigenvalue weighted by molar-refractivity contribution is 6.34. The summed E-state index contributed by atoms with van der Waals surface area (Å²) in [5, 5.41) is 9.36. The second-order valence-corrected chi connectivity index (χ2v) is 3.98. The number of amides is 1. The van der Waals surface area contributed by atoms with Crippen LogP contribution in [0.15, 0.2) is 22.9 Å². The minimum atomic E-state index is -0.368. The summed E-state index contributed by atoms with van der Waals surface area (Å²) in [5.74, 6) is 1.14. The molecule has 0 aromatic carbocycles. The predicted octanol–water partition coefficient (Wildman–Crippen LogP) is 2.33. The molecule has 94 valence electrons. The number of aryl methyl sites for hydroxylation is 1. The molecule has 0 saturated heterocycles. The molecule has 0 spiro atoms. The number of carbonyl (C=O) groups excluding carboxylic acids is 1. The molecule has 18 heavy (non-hydrogen) atoms. The van der Waals surface area contributed by atoms with Crippen molar-refractivity contribution < 1.29 is 9.32 Å². The van der Waals surface area contributed by atoms with Crippen molar-refractivity contribution in [1.29, 1.82) is 0 Å². The first kappa shape index (κ1) is 12.4. The monoisotopic (exact) mass is 266 g/mol. The summed E-state index contributed by atoms with van der Waals surface area (Å²) in [6.07, 6.45) is 1.41. The van der Waals surface area contributed by atoms with Crippen LogP contribution in [0.3, 0.4) is 0 Å². The zero-order valence-corrected chi connectivity index (χ0v) is 10.6. The fourth-order valence-electron chi connectivity index (χ4n) is 1.36. The Labute approximate surface area is 108 Å². The van der Waals surface area contributed by atoms with Crippen molar-refractivity contribution >= 4 is 29.1 Å². The molecule has 0 aliphatic heterocycles. The lowest BCUT2D eigenvalue weighted by Crippen LogP contribution is -2.13. The molecule has 0 unspecified atom stereocenters. The van der Waals surface area contributed by atoms with Gasteiger partial charge in [0.1, 0.15) is 11.6 Å². The number of pyridine rings is 1. The van der Waals surface area contributed by atoms with E-state index in [1.165, 1.54) is 6.20 Å². The summed E-state index contributed by atoms with van der Waals surface area (Å²) in [6, 6.07) is 3.18. The predicted molar refractivity (Wildman–Crippen MR) is 68.0 cm³/mol. The molecule has 0 aliphatic rings. The van der Waals surface area contributed by atoms with Gasteiger partial charge in [-0.25, -0.2) is 4.98 Å². The van der Waals surface area contributed by atoms with Crippen LogP contribution in [0.25, 0.3) is 0 Å². The highest BCUT2D eigenvalue weighted by Crippen LogP contribution is 2.19. The maximum absolute atomic E-state index is 12.0. The van der Waals surface area contributed by atoms with Gasteiger partial charge in [0, 0.05) is 19.3 Å². The van der Waals surface area contributed by atoms with E-state index in [4.69, 9.17) is 16.1 Å². The van der Waals surface area contributed by atoms with Crippen LogP contribution in [0.4, 0.5) is 11.6 Å². The molecule has 2 aromatic rings. The molecule has 6 nitrogen and oxygen atoms in total. The maximum atomic E-state index is 12.0. The van der Waals surface area contributed by atoms with E-state index in [1.54, 1.807) is 26.1 Å². The van der Waals surface area contributed by atoms with Gasteiger partial charge >= 0.3 is 0 Å². The van der Waals surface area contributed by atoms with E-state index < -0.39 is 0 Å². The van der Waals surface area contributed by atoms with E-state index in [0.29, 0.717) is 23.0 Å². The summed E-state index contributed by atoms with van der Waals surface area (Å²) in [4.78, 5) is 16.0. The fraction of sp³-hybridized carbons (Fsp3) is 0.182. The number of carbonyl (C=O) groups is 1. The summed E-state index contributed by atoms with van der Waals surface area (Å²) in [7, 11) is 1.71. The molecule has 1 amide bonds. The number of nitrogens with zero attached hydrogens (tertiary/aromatic N) is 2. The van der Waals surface area contributed by atoms with Gasteiger partial charge in [-0.1, -0.05) is 16.8 Å². The quantitative estimate of drug-likeness (QED) is 0.891. The van der Waals surface area contributed by atoms with Gasteiger partial charge < -0.3 is 15.2 Å². The lowest BCUT2D eigenvalue weighted by Gasteiger charge is -2.05. The Morgan fingerprint density at radius 2 is 2.17 bits per heavy atom. The minimum absolute atomic E-state index is 0.270. The largest absolute Gasteiger partial charge is 0.373 e. The molecule has 0 atom stereocenters. The standard InChI is InChI=1S/C11H11ClN4O2/c1-6-3-10(16-18-6)15-11(17)7-4-9(13-2)14-5-8(7)12/h3-5H,1-2H3,(H,13,14)(H,15,16,17). The van der Waals surface area contributed by atoms with Gasteiger partial charge in [-0.05, 0) is 13.0 Å². The fourth-order valence-corrected chi connectivity index (χ4v) is 1.55. The van der Waals surface area contributed by atoms with Crippen molar-refractivity contribution in [1.82, 2.24) is 10.1 Å². The van der Waals surface area contributed by atoms with Crippen LogP contribution in [0.2, 0.25) is 5.02 Å². The molecular formula is C11H11ClN4O2. The minimum Gasteiger partial charge on any atom is -0.373 e. The van der Waals surface area contributed by atoms with Gasteiger partial charge in [-0.2, -0.15) is 0 Å². The Hall–Kier alpha value is -2.08. The number of hydrogen-bond acceptors (Lipinski definition) is 5. The van der Waals surface area contributed by atoms with Crippen LogP contribution < -0.4 is 10.6 Å². The first-order chi connectivity index (χ1) is 8.60. The van der Waals surface area contributed by atoms with Crippen LogP contribution in [0, 0.1) is 6.92 Å². The molecule has 2 rings (SSSR count). The molecule has 0 fully saturated rings. The van der Waals surface area contributed by atoms with Crippen molar-refractivity contribution in [2.45, 2.75) is 6.92 Å². The summed E-state index contributed by atoms with van der Waals surface area (Å²) >= 11 is 5.92. The molecule has 0 radical (unpaired) electrons. The van der Waals surface area contributed by atoms with Crippen LogP contribution in [-0.4, -0.2) is 23.1 Å². The van der Waals surface area contributed by atoms with E-state index in [0.717, 1.165) is 0 Å². The average molecular weight is 267 g/mol. The van der Waals surface area contributed by atoms with Crippen LogP contribution in [-0.2, 0) is 0 Å². The zero-order valence-electron chi connectivity index (χ0n) is 9.82. The van der Waals surface area contributed by atoms with Crippen molar-refractivity contribution in [3.63, 3.8) is 0 Å². The lowest BCUT2D eigenvalue weighted by atomic mass is 10.2. The van der Waals surface area contributed by atoms with Crippen molar-refractivity contribution in [2.24, 2.45) is 0 Å². The Kier molecular flexibility index (Phi) is 3.47. The Morgan fingerprint density at radius 3 is 2.78 bits per heavy atom. The SMILES string of the molecule is CNc1cc(C(=O)Nc2cc(C)on2)c(Cl)cn1. The number of anilines is 2. The van der Waals surface area contributed by atoms with Crippen LogP contribution in [0.5, 0.6) is 0 Å². The van der Waals surface area contributed by atoms with Gasteiger partial charge in [0.2, 0.25) is 0 Å². The number of halogens is 1. The molecule has 2 heterocycles. The topological polar surface area (TPSA) is 80.0 Å². The zero-order chi connectivity index (χ0) is 13.1. The Bertz CT molecular complexity index is 582. The molecule has 2 aromatic heterocycles. The lowest BCUT2D eigenvalue weighted by molar-refractivity contribution is 0.102. The molecule has 0 bridgehead atoms. The summed E-state index contributed by atoms with van der Waals surface area (Å²) in [5.41, 5.74) is 0.316. The smallest absolute Gasteiger partial charge is 0.258 e. The van der Waals surface area contributed by atoms with Crippen molar-refractivity contribution in [3.8, 4) is 0 Å². The van der Waals surface area contributed by atoms with Crippen molar-refractivity contribution in [3.05, 3.63) is 34.7 Å². The van der Waals surface area contributed by atoms with E-state index in [-0.39, 0.29) is 10.9 Å². The number of aromatic nitrogens is 2. The average Bonchev–Trinajstić information content (AvgIpc) is 2.75. The molecule has 7 heteroatoms. The number of rotatable bonds is 3. The second-order valence-electron chi connectivity index (χ2n) is 3.58. The van der Waals surface area contributed by atoms with Gasteiger partial charge in [0.05, 0.1) is 10.6 Å². The van der Waals surface area contributed by atoms with Crippen molar-refractivity contribution in [2.75, 3.05) is 17.7 Å². The highest BCUT2D eigenvalue weighted by atomic mass is 35.5. The van der Waals surface area contributed by atoms with E-state index in [9.17, 15) is 4.79 Å². The van der Waals surface area contributed by atoms with Gasteiger partial charge in [0.25, 0.3) is 5.91 Å². The third-order valence-electron chi connectivity index (χ3n) is 2.23. The second kappa shape index (κ2) is 5.05. The number of nitrogens with one attached hydrogen (secondary N) is 2. The van der Waals surface area contributed by atoms with Gasteiger partial charge in [-0.15, -0.1) is 0 Å². The third kappa shape index (κ3) is 2.60. The first-order valence-corrected chi connectivity index (χ1v) is 5.56. The van der Waals surface area contributed by atoms with E-state index in [2.05, 4.69) is 20.8 Å². The highest BCUT2D eigenvalue weighted by Gasteiger charge is 2.13. The molecule has 2 N–H and O–H groups in total. The van der Waals surface area contributed by atoms with Crippen LogP contribution in [0.1, 0.15) is 16.1 Å². The van der Waals surface area contributed by atoms with Crippen LogP contribution >= 0.6 is 11.6 Å². The Morgan fingerprint density at radius 1 is 1.39 bits per heavy atom. The van der Waals surface area contributed by atoms with E-state index in [1.807, 2.05) is 0 Å². The third-order valence-corrected chi connectivity index (χ3v) is 2.53. The number of hydrogen-bond donors (Lipinski definition) is 2. The molecule has 0 saturated carbocycles. The Balaban J connectivity index is 2.23. The first-order valence-electron chi connectivity index (χ1n) is 5.18. The van der Waals surface area contributed by atoms with Gasteiger partial charge in [-0.3, -0.25) is 4.79 Å². The summed E-state index contributed by atoms with van der Waals surface area (Å²) in [6.45, 7) is 1.74. The maximum Gasteiger partial charge on any atom is 0.258 e.